The zero-order valence-corrected chi connectivity index (χ0v) is 11.4. The molecule has 1 aromatic carbocycles. The minimum absolute atomic E-state index is 0.132. The van der Waals surface area contributed by atoms with Crippen LogP contribution in [-0.4, -0.2) is 24.8 Å². The van der Waals surface area contributed by atoms with Crippen LogP contribution in [0.5, 0.6) is 5.75 Å². The van der Waals surface area contributed by atoms with Gasteiger partial charge in [-0.3, -0.25) is 0 Å². The van der Waals surface area contributed by atoms with Gasteiger partial charge in [-0.2, -0.15) is 0 Å². The van der Waals surface area contributed by atoms with Crippen LogP contribution in [-0.2, 0) is 0 Å². The smallest absolute Gasteiger partial charge is 0.149 e. The normalized spacial score (nSPS) is 13.8. The monoisotopic (exact) mass is 237 g/mol. The van der Waals surface area contributed by atoms with Crippen LogP contribution in [0.25, 0.3) is 5.84 Å². The van der Waals surface area contributed by atoms with Crippen LogP contribution < -0.4 is 9.75 Å². The average Bonchev–Trinajstić information content (AvgIpc) is 2.28. The molecule has 0 radical (unpaired) electrons. The minimum Gasteiger partial charge on any atom is -0.560 e. The highest BCUT2D eigenvalue weighted by Gasteiger charge is 2.17. The standard InChI is InChI=1S/C13H22N3O/c1-6-13(2,3)17-12-9-7-11(8-10-12)15(4)16(5)14/h7-10,14H,6H2,1-5H3/q-1/p+1. The van der Waals surface area contributed by atoms with E-state index in [0.717, 1.165) is 22.9 Å². The molecule has 1 unspecified atom stereocenters. The number of benzene rings is 1. The lowest BCUT2D eigenvalue weighted by Crippen LogP contribution is -3.09. The quantitative estimate of drug-likeness (QED) is 0.798. The number of hydrogen-bond donors (Lipinski definition) is 1. The van der Waals surface area contributed by atoms with Gasteiger partial charge in [0.05, 0.1) is 7.05 Å². The molecule has 0 aliphatic carbocycles. The van der Waals surface area contributed by atoms with Crippen molar-refractivity contribution in [3.63, 3.8) is 0 Å². The molecule has 0 spiro atoms. The molecule has 4 nitrogen and oxygen atoms in total. The fourth-order valence-corrected chi connectivity index (χ4v) is 1.35. The fraction of sp³-hybridized carbons (Fsp3) is 0.538. The van der Waals surface area contributed by atoms with E-state index in [0.29, 0.717) is 0 Å². The van der Waals surface area contributed by atoms with Gasteiger partial charge in [0, 0.05) is 19.2 Å². The summed E-state index contributed by atoms with van der Waals surface area (Å²) in [6, 6.07) is 7.89. The molecule has 0 fully saturated rings. The van der Waals surface area contributed by atoms with E-state index in [4.69, 9.17) is 10.6 Å². The van der Waals surface area contributed by atoms with Crippen molar-refractivity contribution >= 4 is 5.69 Å². The van der Waals surface area contributed by atoms with E-state index >= 15 is 0 Å². The first-order valence-electron chi connectivity index (χ1n) is 5.93. The van der Waals surface area contributed by atoms with Crippen molar-refractivity contribution in [1.29, 1.82) is 0 Å². The van der Waals surface area contributed by atoms with Gasteiger partial charge >= 0.3 is 0 Å². The van der Waals surface area contributed by atoms with Gasteiger partial charge < -0.3 is 10.6 Å². The van der Waals surface area contributed by atoms with Gasteiger partial charge in [0.1, 0.15) is 17.0 Å². The van der Waals surface area contributed by atoms with Crippen molar-refractivity contribution in [1.82, 2.24) is 5.12 Å². The molecule has 1 atom stereocenters. The second-order valence-corrected chi connectivity index (χ2v) is 4.88. The lowest BCUT2D eigenvalue weighted by Gasteiger charge is -2.28. The topological polar surface area (TPSA) is 40.7 Å². The third-order valence-electron chi connectivity index (χ3n) is 3.02. The number of hydrogen-bond acceptors (Lipinski definition) is 2. The van der Waals surface area contributed by atoms with E-state index in [1.807, 2.05) is 31.3 Å². The fourth-order valence-electron chi connectivity index (χ4n) is 1.35. The van der Waals surface area contributed by atoms with Crippen LogP contribution in [0.2, 0.25) is 0 Å². The van der Waals surface area contributed by atoms with E-state index in [2.05, 4.69) is 20.8 Å². The second kappa shape index (κ2) is 5.49. The maximum atomic E-state index is 7.51. The van der Waals surface area contributed by atoms with E-state index in [1.165, 1.54) is 5.12 Å². The molecule has 0 aliphatic rings. The average molecular weight is 237 g/mol. The molecule has 1 rings (SSSR count). The SMILES string of the molecule is CCC(C)(C)Oc1ccc([NH+](C)N(C)[NH-])cc1. The predicted molar refractivity (Wildman–Crippen MR) is 70.1 cm³/mol. The lowest BCUT2D eigenvalue weighted by atomic mass is 10.1. The first kappa shape index (κ1) is 14.0. The maximum absolute atomic E-state index is 7.51. The van der Waals surface area contributed by atoms with Gasteiger partial charge in [0.15, 0.2) is 0 Å². The minimum atomic E-state index is -0.132. The van der Waals surface area contributed by atoms with Crippen LogP contribution in [0, 0.1) is 0 Å². The molecule has 1 aromatic rings. The third kappa shape index (κ3) is 4.00. The van der Waals surface area contributed by atoms with Gasteiger partial charge in [0.2, 0.25) is 0 Å². The second-order valence-electron chi connectivity index (χ2n) is 4.88. The molecule has 0 heterocycles. The molecule has 0 amide bonds. The van der Waals surface area contributed by atoms with Crippen molar-refractivity contribution in [2.45, 2.75) is 32.8 Å². The first-order valence-corrected chi connectivity index (χ1v) is 5.93. The van der Waals surface area contributed by atoms with Crippen LogP contribution in [0.1, 0.15) is 27.2 Å². The number of rotatable bonds is 5. The van der Waals surface area contributed by atoms with Crippen molar-refractivity contribution in [2.24, 2.45) is 0 Å². The summed E-state index contributed by atoms with van der Waals surface area (Å²) in [5.41, 5.74) is 0.913. The van der Waals surface area contributed by atoms with Gasteiger partial charge in [0.25, 0.3) is 0 Å². The molecule has 17 heavy (non-hydrogen) atoms. The van der Waals surface area contributed by atoms with Crippen LogP contribution in [0.3, 0.4) is 0 Å². The summed E-state index contributed by atoms with van der Waals surface area (Å²) in [7, 11) is 3.65. The molecule has 2 N–H and O–H groups in total. The Morgan fingerprint density at radius 1 is 1.29 bits per heavy atom. The van der Waals surface area contributed by atoms with Gasteiger partial charge in [-0.25, -0.2) is 10.1 Å². The summed E-state index contributed by atoms with van der Waals surface area (Å²) in [5.74, 6) is 8.39. The summed E-state index contributed by atoms with van der Waals surface area (Å²) in [6.07, 6.45) is 0.968. The Morgan fingerprint density at radius 2 is 1.82 bits per heavy atom. The molecule has 96 valence electrons. The Labute approximate surface area is 104 Å². The number of ether oxygens (including phenoxy) is 1. The highest BCUT2D eigenvalue weighted by molar-refractivity contribution is 5.35. The van der Waals surface area contributed by atoms with E-state index < -0.39 is 0 Å². The van der Waals surface area contributed by atoms with Crippen molar-refractivity contribution in [3.8, 4) is 5.75 Å². The van der Waals surface area contributed by atoms with Crippen LogP contribution >= 0.6 is 0 Å². The van der Waals surface area contributed by atoms with Crippen LogP contribution in [0.4, 0.5) is 5.69 Å². The van der Waals surface area contributed by atoms with Crippen molar-refractivity contribution in [3.05, 3.63) is 30.1 Å². The highest BCUT2D eigenvalue weighted by Crippen LogP contribution is 2.21. The Hall–Kier alpha value is -1.10. The van der Waals surface area contributed by atoms with Gasteiger partial charge in [-0.05, 0) is 32.4 Å². The van der Waals surface area contributed by atoms with Gasteiger partial charge in [-0.1, -0.05) is 6.92 Å². The molecule has 0 aliphatic heterocycles. The first-order chi connectivity index (χ1) is 7.85. The Bertz CT molecular complexity index is 346. The Morgan fingerprint density at radius 3 is 2.24 bits per heavy atom. The van der Waals surface area contributed by atoms with Crippen LogP contribution in [0.15, 0.2) is 24.3 Å². The predicted octanol–water partition coefficient (Wildman–Crippen LogP) is 2.21. The number of nitrogens with one attached hydrogen (secondary N) is 2. The summed E-state index contributed by atoms with van der Waals surface area (Å²) in [6.45, 7) is 6.27. The molecular formula is C13H23N3O. The Balaban J connectivity index is 2.75. The summed E-state index contributed by atoms with van der Waals surface area (Å²) in [5, 5.41) is 2.29. The Kier molecular flexibility index (Phi) is 4.51. The highest BCUT2D eigenvalue weighted by atomic mass is 16.5. The molecular weight excluding hydrogens is 214 g/mol. The zero-order valence-electron chi connectivity index (χ0n) is 11.4. The number of nitrogens with zero attached hydrogens (tertiary/aromatic N) is 1. The molecule has 0 saturated heterocycles. The number of quaternary nitrogens is 1. The molecule has 0 aromatic heterocycles. The summed E-state index contributed by atoms with van der Waals surface area (Å²) >= 11 is 0. The van der Waals surface area contributed by atoms with E-state index in [1.54, 1.807) is 7.05 Å². The maximum Gasteiger partial charge on any atom is 0.149 e. The molecule has 4 heteroatoms. The lowest BCUT2D eigenvalue weighted by molar-refractivity contribution is -0.927. The zero-order chi connectivity index (χ0) is 13.1. The molecule has 0 bridgehead atoms. The third-order valence-corrected chi connectivity index (χ3v) is 3.02. The largest absolute Gasteiger partial charge is 0.560 e. The van der Waals surface area contributed by atoms with Gasteiger partial charge in [-0.15, -0.1) is 0 Å². The molecule has 0 saturated carbocycles. The summed E-state index contributed by atoms with van der Waals surface area (Å²) < 4.78 is 5.88. The van der Waals surface area contributed by atoms with E-state index in [-0.39, 0.29) is 5.60 Å². The van der Waals surface area contributed by atoms with E-state index in [9.17, 15) is 0 Å². The summed E-state index contributed by atoms with van der Waals surface area (Å²) in [4.78, 5) is 0. The van der Waals surface area contributed by atoms with Crippen molar-refractivity contribution in [2.75, 3.05) is 14.1 Å². The van der Waals surface area contributed by atoms with Crippen molar-refractivity contribution < 1.29 is 9.75 Å².